The van der Waals surface area contributed by atoms with E-state index in [4.69, 9.17) is 10.5 Å². The molecule has 6 rings (SSSR count). The number of benzene rings is 1. The van der Waals surface area contributed by atoms with Crippen LogP contribution in [-0.2, 0) is 9.53 Å². The van der Waals surface area contributed by atoms with Gasteiger partial charge in [-0.1, -0.05) is 0 Å². The van der Waals surface area contributed by atoms with Crippen LogP contribution in [0.15, 0.2) is 48.8 Å². The van der Waals surface area contributed by atoms with Crippen molar-refractivity contribution in [3.05, 3.63) is 54.4 Å². The Hall–Kier alpha value is -3.95. The molecule has 4 heterocycles. The van der Waals surface area contributed by atoms with Crippen LogP contribution >= 0.6 is 0 Å². The fraction of sp³-hybridized carbons (Fsp3) is 0.407. The van der Waals surface area contributed by atoms with Crippen LogP contribution in [0.3, 0.4) is 0 Å². The molecule has 0 radical (unpaired) electrons. The van der Waals surface area contributed by atoms with E-state index < -0.39 is 22.9 Å². The third-order valence-electron chi connectivity index (χ3n) is 8.47. The lowest BCUT2D eigenvalue weighted by atomic mass is 9.94. The van der Waals surface area contributed by atoms with Crippen LogP contribution in [0, 0.1) is 22.2 Å². The van der Waals surface area contributed by atoms with E-state index in [2.05, 4.69) is 21.4 Å². The van der Waals surface area contributed by atoms with Crippen molar-refractivity contribution in [2.24, 2.45) is 16.6 Å². The number of pyridine rings is 2. The quantitative estimate of drug-likeness (QED) is 0.510. The highest BCUT2D eigenvalue weighted by atomic mass is 19.4. The van der Waals surface area contributed by atoms with Crippen LogP contribution in [0.1, 0.15) is 12.0 Å². The minimum Gasteiger partial charge on any atom is -0.378 e. The van der Waals surface area contributed by atoms with Gasteiger partial charge < -0.3 is 25.6 Å². The van der Waals surface area contributed by atoms with Crippen LogP contribution in [0.2, 0.25) is 0 Å². The number of nitrogens with one attached hydrogen (secondary N) is 1. The number of carbonyl (C=O) groups excluding carboxylic acids is 1. The standard InChI is InChI=1S/C27H26F3N7O2/c1-39-21-12-36(11-19(21)32)17-5-7-22(34-10-17)35-24(38)25-13-26(25,27(28,29)30)15-37(14-25)20-6-4-16(9-31)23-18(20)3-2-8-33-23/h2-8,10,19,21H,11-15,32H2,1H3,(H,34,35,38)/t19-,21-,25+,26+/m1/s1. The van der Waals surface area contributed by atoms with E-state index in [9.17, 15) is 23.2 Å². The lowest BCUT2D eigenvalue weighted by Crippen LogP contribution is -2.36. The highest BCUT2D eigenvalue weighted by Crippen LogP contribution is 2.75. The van der Waals surface area contributed by atoms with E-state index in [1.807, 2.05) is 4.90 Å². The number of hydrogen-bond acceptors (Lipinski definition) is 8. The van der Waals surface area contributed by atoms with Gasteiger partial charge in [0, 0.05) is 50.6 Å². The zero-order valence-corrected chi connectivity index (χ0v) is 21.1. The molecule has 1 amide bonds. The van der Waals surface area contributed by atoms with Crippen molar-refractivity contribution < 1.29 is 22.7 Å². The number of nitrogens with two attached hydrogens (primary N) is 1. The Balaban J connectivity index is 1.25. The number of methoxy groups -OCH3 is 1. The average molecular weight is 538 g/mol. The molecule has 3 fully saturated rings. The number of nitrogens with zero attached hydrogens (tertiary/aromatic N) is 5. The second kappa shape index (κ2) is 8.79. The van der Waals surface area contributed by atoms with Crippen molar-refractivity contribution in [3.8, 4) is 6.07 Å². The summed E-state index contributed by atoms with van der Waals surface area (Å²) < 4.78 is 48.8. The zero-order chi connectivity index (χ0) is 27.6. The summed E-state index contributed by atoms with van der Waals surface area (Å²) in [5, 5.41) is 12.6. The van der Waals surface area contributed by atoms with Gasteiger partial charge in [0.25, 0.3) is 0 Å². The molecule has 0 unspecified atom stereocenters. The van der Waals surface area contributed by atoms with Crippen LogP contribution in [-0.4, -0.2) is 67.5 Å². The monoisotopic (exact) mass is 537 g/mol. The van der Waals surface area contributed by atoms with Crippen LogP contribution in [0.5, 0.6) is 0 Å². The Morgan fingerprint density at radius 1 is 1.18 bits per heavy atom. The number of nitriles is 1. The Morgan fingerprint density at radius 2 is 2.00 bits per heavy atom. The molecule has 3 N–H and O–H groups in total. The largest absolute Gasteiger partial charge is 0.397 e. The van der Waals surface area contributed by atoms with Gasteiger partial charge in [-0.25, -0.2) is 4.98 Å². The molecule has 2 aromatic heterocycles. The van der Waals surface area contributed by atoms with Gasteiger partial charge >= 0.3 is 6.18 Å². The Morgan fingerprint density at radius 3 is 2.67 bits per heavy atom. The van der Waals surface area contributed by atoms with E-state index in [-0.39, 0.29) is 37.5 Å². The van der Waals surface area contributed by atoms with Crippen LogP contribution in [0.25, 0.3) is 10.9 Å². The number of piperidine rings is 1. The Kier molecular flexibility index (Phi) is 5.71. The molecule has 3 aliphatic rings. The van der Waals surface area contributed by atoms with Gasteiger partial charge in [-0.2, -0.15) is 18.4 Å². The first-order chi connectivity index (χ1) is 18.6. The number of anilines is 3. The normalized spacial score (nSPS) is 27.9. The van der Waals surface area contributed by atoms with E-state index in [0.717, 1.165) is 5.69 Å². The minimum absolute atomic E-state index is 0.108. The van der Waals surface area contributed by atoms with Gasteiger partial charge in [-0.3, -0.25) is 9.78 Å². The van der Waals surface area contributed by atoms with Crippen molar-refractivity contribution in [1.29, 1.82) is 5.26 Å². The highest BCUT2D eigenvalue weighted by Gasteiger charge is 2.86. The summed E-state index contributed by atoms with van der Waals surface area (Å²) >= 11 is 0. The second-order valence-corrected chi connectivity index (χ2v) is 10.5. The van der Waals surface area contributed by atoms with Gasteiger partial charge in [0.05, 0.1) is 40.5 Å². The molecule has 2 saturated heterocycles. The number of halogens is 3. The molecule has 39 heavy (non-hydrogen) atoms. The summed E-state index contributed by atoms with van der Waals surface area (Å²) in [5.74, 6) is -0.527. The second-order valence-electron chi connectivity index (χ2n) is 10.5. The fourth-order valence-electron chi connectivity index (χ4n) is 6.26. The molecule has 1 aliphatic carbocycles. The third-order valence-corrected chi connectivity index (χ3v) is 8.47. The number of alkyl halides is 3. The maximum atomic E-state index is 14.5. The first-order valence-electron chi connectivity index (χ1n) is 12.5. The number of aromatic nitrogens is 2. The molecular formula is C27H26F3N7O2. The molecule has 2 aliphatic heterocycles. The number of carbonyl (C=O) groups is 1. The Bertz CT molecular complexity index is 1490. The first-order valence-corrected chi connectivity index (χ1v) is 12.5. The molecule has 9 nitrogen and oxygen atoms in total. The maximum Gasteiger partial charge on any atom is 0.397 e. The fourth-order valence-corrected chi connectivity index (χ4v) is 6.26. The van der Waals surface area contributed by atoms with Crippen molar-refractivity contribution >= 4 is 34.0 Å². The molecule has 3 aromatic rings. The first kappa shape index (κ1) is 25.3. The summed E-state index contributed by atoms with van der Waals surface area (Å²) in [6.45, 7) is 0.703. The molecule has 12 heteroatoms. The zero-order valence-electron chi connectivity index (χ0n) is 21.1. The molecule has 1 aromatic carbocycles. The number of amides is 1. The number of rotatable bonds is 5. The van der Waals surface area contributed by atoms with Gasteiger partial charge in [0.2, 0.25) is 5.91 Å². The molecule has 4 atom stereocenters. The molecule has 1 saturated carbocycles. The van der Waals surface area contributed by atoms with Crippen molar-refractivity contribution in [2.45, 2.75) is 24.7 Å². The molecule has 0 spiro atoms. The van der Waals surface area contributed by atoms with Crippen LogP contribution in [0.4, 0.5) is 30.4 Å². The van der Waals surface area contributed by atoms with Gasteiger partial charge in [0.1, 0.15) is 17.3 Å². The summed E-state index contributed by atoms with van der Waals surface area (Å²) in [4.78, 5) is 25.6. The maximum absolute atomic E-state index is 14.5. The molecular weight excluding hydrogens is 511 g/mol. The van der Waals surface area contributed by atoms with Crippen molar-refractivity contribution in [3.63, 3.8) is 0 Å². The smallest absolute Gasteiger partial charge is 0.378 e. The highest BCUT2D eigenvalue weighted by molar-refractivity contribution is 6.01. The number of fused-ring (bicyclic) bond motifs is 2. The Labute approximate surface area is 222 Å². The van der Waals surface area contributed by atoms with E-state index in [1.165, 1.54) is 6.20 Å². The predicted octanol–water partition coefficient (Wildman–Crippen LogP) is 3.06. The van der Waals surface area contributed by atoms with E-state index in [0.29, 0.717) is 35.2 Å². The van der Waals surface area contributed by atoms with Gasteiger partial charge in [0.15, 0.2) is 0 Å². The topological polar surface area (TPSA) is 120 Å². The summed E-state index contributed by atoms with van der Waals surface area (Å²) in [6, 6.07) is 11.8. The van der Waals surface area contributed by atoms with Gasteiger partial charge in [-0.05, 0) is 42.8 Å². The van der Waals surface area contributed by atoms with E-state index >= 15 is 0 Å². The lowest BCUT2D eigenvalue weighted by molar-refractivity contribution is -0.191. The minimum atomic E-state index is -4.58. The average Bonchev–Trinajstić information content (AvgIpc) is 3.25. The summed E-state index contributed by atoms with van der Waals surface area (Å²) in [7, 11) is 1.61. The van der Waals surface area contributed by atoms with Crippen LogP contribution < -0.4 is 20.9 Å². The lowest BCUT2D eigenvalue weighted by Gasteiger charge is -2.25. The SMILES string of the molecule is CO[C@@H]1CN(c2ccc(NC(=O)[C@]34CN(c5ccc(C#N)c6ncccc56)C[C@@]3(C(F)(F)F)C4)nc2)C[C@H]1N. The number of ether oxygens (including phenoxy) is 1. The predicted molar refractivity (Wildman–Crippen MR) is 138 cm³/mol. The van der Waals surface area contributed by atoms with Gasteiger partial charge in [-0.15, -0.1) is 0 Å². The van der Waals surface area contributed by atoms with E-state index in [1.54, 1.807) is 54.6 Å². The van der Waals surface area contributed by atoms with Crippen molar-refractivity contribution in [1.82, 2.24) is 9.97 Å². The van der Waals surface area contributed by atoms with Crippen molar-refractivity contribution in [2.75, 3.05) is 48.4 Å². The molecule has 0 bridgehead atoms. The summed E-state index contributed by atoms with van der Waals surface area (Å²) in [6.07, 6.45) is -1.88. The molecule has 202 valence electrons. The third kappa shape index (κ3) is 3.79. The summed E-state index contributed by atoms with van der Waals surface area (Å²) in [5.41, 5.74) is 4.31. The number of hydrogen-bond donors (Lipinski definition) is 2.